The van der Waals surface area contributed by atoms with Crippen molar-refractivity contribution in [3.8, 4) is 0 Å². The molecule has 0 radical (unpaired) electrons. The second-order valence-corrected chi connectivity index (χ2v) is 5.70. The molecule has 1 saturated carbocycles. The standard InChI is InChI=1S/C16H26N2O3.ClH/c1-2-9-21-15-11-12(5-6-14(15)17)16(19)18-8-7-13-4-3-10-20-13;/h3-4,10,12,14-15H,2,5-9,11,17H2,1H3,(H,18,19);1H/t12-,14+,15+;/m0./s1. The van der Waals surface area contributed by atoms with Gasteiger partial charge < -0.3 is 20.2 Å². The summed E-state index contributed by atoms with van der Waals surface area (Å²) in [5.74, 6) is 1.02. The van der Waals surface area contributed by atoms with Crippen LogP contribution in [0, 0.1) is 5.92 Å². The minimum atomic E-state index is 0. The summed E-state index contributed by atoms with van der Waals surface area (Å²) in [5, 5.41) is 2.99. The van der Waals surface area contributed by atoms with Crippen LogP contribution in [0.2, 0.25) is 0 Å². The van der Waals surface area contributed by atoms with E-state index in [-0.39, 0.29) is 36.4 Å². The van der Waals surface area contributed by atoms with Crippen molar-refractivity contribution in [1.82, 2.24) is 5.32 Å². The summed E-state index contributed by atoms with van der Waals surface area (Å²) in [6.07, 6.45) is 5.79. The number of carbonyl (C=O) groups is 1. The maximum Gasteiger partial charge on any atom is 0.223 e. The molecule has 126 valence electrons. The van der Waals surface area contributed by atoms with Crippen LogP contribution in [-0.2, 0) is 16.0 Å². The Hall–Kier alpha value is -1.04. The van der Waals surface area contributed by atoms with Gasteiger partial charge in [0.25, 0.3) is 0 Å². The fraction of sp³-hybridized carbons (Fsp3) is 0.688. The Balaban J connectivity index is 0.00000242. The first-order chi connectivity index (χ1) is 10.2. The first-order valence-corrected chi connectivity index (χ1v) is 7.88. The number of rotatable bonds is 7. The summed E-state index contributed by atoms with van der Waals surface area (Å²) in [6, 6.07) is 3.83. The zero-order valence-electron chi connectivity index (χ0n) is 13.1. The molecule has 1 aromatic rings. The molecule has 1 aromatic heterocycles. The Kier molecular flexibility index (Phi) is 8.53. The lowest BCUT2D eigenvalue weighted by Gasteiger charge is -2.33. The molecule has 0 aromatic carbocycles. The van der Waals surface area contributed by atoms with E-state index in [0.717, 1.165) is 37.9 Å². The van der Waals surface area contributed by atoms with Crippen LogP contribution < -0.4 is 11.1 Å². The van der Waals surface area contributed by atoms with Gasteiger partial charge in [0.1, 0.15) is 5.76 Å². The van der Waals surface area contributed by atoms with Crippen molar-refractivity contribution in [3.63, 3.8) is 0 Å². The van der Waals surface area contributed by atoms with Crippen LogP contribution in [0.5, 0.6) is 0 Å². The SMILES string of the molecule is CCCO[C@@H]1C[C@@H](C(=O)NCCc2ccco2)CC[C@H]1N.Cl. The molecule has 22 heavy (non-hydrogen) atoms. The minimum Gasteiger partial charge on any atom is -0.469 e. The van der Waals surface area contributed by atoms with Crippen molar-refractivity contribution in [2.75, 3.05) is 13.2 Å². The number of carbonyl (C=O) groups excluding carboxylic acids is 1. The molecule has 0 saturated heterocycles. The molecule has 2 rings (SSSR count). The van der Waals surface area contributed by atoms with Crippen molar-refractivity contribution in [3.05, 3.63) is 24.2 Å². The normalized spacial score (nSPS) is 24.5. The molecule has 1 aliphatic rings. The van der Waals surface area contributed by atoms with E-state index in [1.165, 1.54) is 0 Å². The van der Waals surface area contributed by atoms with Crippen LogP contribution in [0.3, 0.4) is 0 Å². The Labute approximate surface area is 138 Å². The minimum absolute atomic E-state index is 0. The summed E-state index contributed by atoms with van der Waals surface area (Å²) in [5.41, 5.74) is 6.08. The molecule has 0 unspecified atom stereocenters. The Morgan fingerprint density at radius 3 is 3.00 bits per heavy atom. The molecule has 0 aliphatic heterocycles. The van der Waals surface area contributed by atoms with E-state index in [1.807, 2.05) is 12.1 Å². The fourth-order valence-electron chi connectivity index (χ4n) is 2.76. The van der Waals surface area contributed by atoms with Crippen LogP contribution in [0.4, 0.5) is 0 Å². The molecule has 0 bridgehead atoms. The third kappa shape index (κ3) is 5.63. The van der Waals surface area contributed by atoms with Gasteiger partial charge in [0, 0.05) is 31.5 Å². The van der Waals surface area contributed by atoms with E-state index >= 15 is 0 Å². The number of ether oxygens (including phenoxy) is 1. The molecule has 1 fully saturated rings. The monoisotopic (exact) mass is 330 g/mol. The molecule has 1 aliphatic carbocycles. The van der Waals surface area contributed by atoms with E-state index < -0.39 is 0 Å². The van der Waals surface area contributed by atoms with E-state index in [1.54, 1.807) is 6.26 Å². The van der Waals surface area contributed by atoms with Crippen LogP contribution in [0.1, 0.15) is 38.4 Å². The predicted molar refractivity (Wildman–Crippen MR) is 88.0 cm³/mol. The molecule has 6 heteroatoms. The molecule has 3 N–H and O–H groups in total. The smallest absolute Gasteiger partial charge is 0.223 e. The average Bonchev–Trinajstić information content (AvgIpc) is 2.99. The molecule has 0 spiro atoms. The maximum atomic E-state index is 12.2. The molecule has 3 atom stereocenters. The number of hydrogen-bond acceptors (Lipinski definition) is 4. The van der Waals surface area contributed by atoms with Crippen LogP contribution in [-0.4, -0.2) is 31.2 Å². The quantitative estimate of drug-likeness (QED) is 0.804. The lowest BCUT2D eigenvalue weighted by atomic mass is 9.83. The number of nitrogens with two attached hydrogens (primary N) is 1. The second kappa shape index (κ2) is 9.87. The Bertz CT molecular complexity index is 425. The predicted octanol–water partition coefficient (Wildman–Crippen LogP) is 2.28. The molecule has 1 amide bonds. The highest BCUT2D eigenvalue weighted by Gasteiger charge is 2.32. The molecular formula is C16H27ClN2O3. The number of amides is 1. The molecular weight excluding hydrogens is 304 g/mol. The summed E-state index contributed by atoms with van der Waals surface area (Å²) < 4.78 is 11.0. The highest BCUT2D eigenvalue weighted by molar-refractivity contribution is 5.85. The van der Waals surface area contributed by atoms with Crippen LogP contribution in [0.25, 0.3) is 0 Å². The van der Waals surface area contributed by atoms with Gasteiger partial charge >= 0.3 is 0 Å². The van der Waals surface area contributed by atoms with Crippen LogP contribution in [0.15, 0.2) is 22.8 Å². The summed E-state index contributed by atoms with van der Waals surface area (Å²) in [4.78, 5) is 12.2. The summed E-state index contributed by atoms with van der Waals surface area (Å²) in [7, 11) is 0. The van der Waals surface area contributed by atoms with Gasteiger partial charge in [0.2, 0.25) is 5.91 Å². The van der Waals surface area contributed by atoms with Gasteiger partial charge in [-0.05, 0) is 37.8 Å². The fourth-order valence-corrected chi connectivity index (χ4v) is 2.76. The van der Waals surface area contributed by atoms with Gasteiger partial charge in [0.05, 0.1) is 12.4 Å². The van der Waals surface area contributed by atoms with E-state index in [4.69, 9.17) is 14.9 Å². The topological polar surface area (TPSA) is 77.5 Å². The van der Waals surface area contributed by atoms with Crippen molar-refractivity contribution >= 4 is 18.3 Å². The van der Waals surface area contributed by atoms with Crippen molar-refractivity contribution in [1.29, 1.82) is 0 Å². The lowest BCUT2D eigenvalue weighted by molar-refractivity contribution is -0.128. The van der Waals surface area contributed by atoms with Gasteiger partial charge in [0.15, 0.2) is 0 Å². The third-order valence-corrected chi connectivity index (χ3v) is 4.00. The summed E-state index contributed by atoms with van der Waals surface area (Å²) >= 11 is 0. The largest absolute Gasteiger partial charge is 0.469 e. The highest BCUT2D eigenvalue weighted by Crippen LogP contribution is 2.26. The Morgan fingerprint density at radius 1 is 1.50 bits per heavy atom. The summed E-state index contributed by atoms with van der Waals surface area (Å²) in [6.45, 7) is 3.40. The van der Waals surface area contributed by atoms with Crippen molar-refractivity contribution in [2.24, 2.45) is 11.7 Å². The first-order valence-electron chi connectivity index (χ1n) is 7.88. The zero-order chi connectivity index (χ0) is 15.1. The Morgan fingerprint density at radius 2 is 2.32 bits per heavy atom. The number of nitrogens with one attached hydrogen (secondary N) is 1. The van der Waals surface area contributed by atoms with E-state index in [9.17, 15) is 4.79 Å². The first kappa shape index (κ1) is 19.0. The number of halogens is 1. The zero-order valence-corrected chi connectivity index (χ0v) is 13.9. The van der Waals surface area contributed by atoms with Crippen molar-refractivity contribution < 1.29 is 13.9 Å². The van der Waals surface area contributed by atoms with Gasteiger partial charge in [-0.25, -0.2) is 0 Å². The highest BCUT2D eigenvalue weighted by atomic mass is 35.5. The molecule has 1 heterocycles. The number of furan rings is 1. The van der Waals surface area contributed by atoms with Crippen molar-refractivity contribution in [2.45, 2.75) is 51.2 Å². The third-order valence-electron chi connectivity index (χ3n) is 4.00. The number of hydrogen-bond donors (Lipinski definition) is 2. The second-order valence-electron chi connectivity index (χ2n) is 5.70. The van der Waals surface area contributed by atoms with Gasteiger partial charge in [-0.1, -0.05) is 6.92 Å². The average molecular weight is 331 g/mol. The van der Waals surface area contributed by atoms with E-state index in [2.05, 4.69) is 12.2 Å². The van der Waals surface area contributed by atoms with E-state index in [0.29, 0.717) is 13.2 Å². The lowest BCUT2D eigenvalue weighted by Crippen LogP contribution is -2.46. The van der Waals surface area contributed by atoms with Gasteiger partial charge in [-0.3, -0.25) is 4.79 Å². The van der Waals surface area contributed by atoms with Gasteiger partial charge in [-0.15, -0.1) is 12.4 Å². The molecule has 5 nitrogen and oxygen atoms in total. The van der Waals surface area contributed by atoms with Crippen LogP contribution >= 0.6 is 12.4 Å². The van der Waals surface area contributed by atoms with Gasteiger partial charge in [-0.2, -0.15) is 0 Å². The maximum absolute atomic E-state index is 12.2.